The van der Waals surface area contributed by atoms with Crippen LogP contribution < -0.4 is 5.32 Å². The molecule has 0 spiro atoms. The lowest BCUT2D eigenvalue weighted by atomic mass is 10.0. The van der Waals surface area contributed by atoms with Crippen LogP contribution in [0.25, 0.3) is 22.2 Å². The highest BCUT2D eigenvalue weighted by Gasteiger charge is 2.16. The SMILES string of the molecule is Cc1cc(Br)cc2c(C(=O)Nc3ccc(Cl)cc3)cc(-c3ccc(Cl)cc3)nc12. The quantitative estimate of drug-likeness (QED) is 0.325. The molecule has 0 aliphatic heterocycles. The van der Waals surface area contributed by atoms with Crippen LogP contribution in [-0.4, -0.2) is 10.9 Å². The highest BCUT2D eigenvalue weighted by Crippen LogP contribution is 2.30. The van der Waals surface area contributed by atoms with Gasteiger partial charge in [0.25, 0.3) is 5.91 Å². The summed E-state index contributed by atoms with van der Waals surface area (Å²) in [5.74, 6) is -0.215. The third-order valence-electron chi connectivity index (χ3n) is 4.56. The zero-order valence-electron chi connectivity index (χ0n) is 15.3. The molecule has 4 aromatic rings. The summed E-state index contributed by atoms with van der Waals surface area (Å²) in [6.45, 7) is 1.98. The lowest BCUT2D eigenvalue weighted by Gasteiger charge is -2.13. The van der Waals surface area contributed by atoms with Gasteiger partial charge in [0.15, 0.2) is 0 Å². The van der Waals surface area contributed by atoms with Crippen LogP contribution in [0.5, 0.6) is 0 Å². The normalized spacial score (nSPS) is 10.9. The lowest BCUT2D eigenvalue weighted by molar-refractivity contribution is 0.102. The first-order chi connectivity index (χ1) is 13.9. The van der Waals surface area contributed by atoms with Gasteiger partial charge in [-0.1, -0.05) is 51.3 Å². The van der Waals surface area contributed by atoms with Crippen LogP contribution in [0.3, 0.4) is 0 Å². The molecule has 0 aliphatic carbocycles. The number of aromatic nitrogens is 1. The fraction of sp³-hybridized carbons (Fsp3) is 0.0435. The molecule has 1 aromatic heterocycles. The number of hydrogen-bond acceptors (Lipinski definition) is 2. The van der Waals surface area contributed by atoms with Crippen LogP contribution in [0.15, 0.2) is 71.2 Å². The van der Waals surface area contributed by atoms with Crippen molar-refractivity contribution in [2.45, 2.75) is 6.92 Å². The molecule has 0 atom stereocenters. The van der Waals surface area contributed by atoms with E-state index in [1.165, 1.54) is 0 Å². The van der Waals surface area contributed by atoms with Gasteiger partial charge in [-0.25, -0.2) is 4.98 Å². The van der Waals surface area contributed by atoms with E-state index in [9.17, 15) is 4.79 Å². The van der Waals surface area contributed by atoms with Crippen LogP contribution in [0.4, 0.5) is 5.69 Å². The summed E-state index contributed by atoms with van der Waals surface area (Å²) in [6.07, 6.45) is 0. The molecule has 1 N–H and O–H groups in total. The summed E-state index contributed by atoms with van der Waals surface area (Å²) < 4.78 is 0.893. The van der Waals surface area contributed by atoms with E-state index in [0.717, 1.165) is 26.5 Å². The first kappa shape index (κ1) is 19.9. The number of carbonyl (C=O) groups is 1. The summed E-state index contributed by atoms with van der Waals surface area (Å²) in [6, 6.07) is 20.1. The van der Waals surface area contributed by atoms with Crippen molar-refractivity contribution in [1.29, 1.82) is 0 Å². The number of nitrogens with zero attached hydrogens (tertiary/aromatic N) is 1. The van der Waals surface area contributed by atoms with Gasteiger partial charge in [0.05, 0.1) is 16.8 Å². The van der Waals surface area contributed by atoms with Gasteiger partial charge in [-0.2, -0.15) is 0 Å². The van der Waals surface area contributed by atoms with Gasteiger partial charge in [-0.15, -0.1) is 0 Å². The Hall–Kier alpha value is -2.40. The minimum absolute atomic E-state index is 0.215. The monoisotopic (exact) mass is 484 g/mol. The van der Waals surface area contributed by atoms with Gasteiger partial charge in [0.2, 0.25) is 0 Å². The van der Waals surface area contributed by atoms with Crippen LogP contribution in [0.2, 0.25) is 10.0 Å². The van der Waals surface area contributed by atoms with Gasteiger partial charge in [-0.05, 0) is 67.1 Å². The maximum Gasteiger partial charge on any atom is 0.256 e. The predicted molar refractivity (Wildman–Crippen MR) is 124 cm³/mol. The molecule has 0 saturated carbocycles. The van der Waals surface area contributed by atoms with Crippen molar-refractivity contribution in [3.8, 4) is 11.3 Å². The fourth-order valence-corrected chi connectivity index (χ4v) is 3.97. The Kier molecular flexibility index (Phi) is 5.59. The van der Waals surface area contributed by atoms with Crippen molar-refractivity contribution < 1.29 is 4.79 Å². The number of hydrogen-bond donors (Lipinski definition) is 1. The van der Waals surface area contributed by atoms with Gasteiger partial charge in [-0.3, -0.25) is 4.79 Å². The number of halogens is 3. The first-order valence-corrected chi connectivity index (χ1v) is 10.4. The maximum atomic E-state index is 13.2. The van der Waals surface area contributed by atoms with E-state index in [-0.39, 0.29) is 5.91 Å². The largest absolute Gasteiger partial charge is 0.322 e. The minimum atomic E-state index is -0.215. The van der Waals surface area contributed by atoms with Crippen molar-refractivity contribution >= 4 is 61.6 Å². The van der Waals surface area contributed by atoms with E-state index in [2.05, 4.69) is 21.2 Å². The van der Waals surface area contributed by atoms with Gasteiger partial charge < -0.3 is 5.32 Å². The van der Waals surface area contributed by atoms with Crippen molar-refractivity contribution in [1.82, 2.24) is 4.98 Å². The fourth-order valence-electron chi connectivity index (χ4n) is 3.14. The summed E-state index contributed by atoms with van der Waals surface area (Å²) in [7, 11) is 0. The molecule has 6 heteroatoms. The Labute approximate surface area is 186 Å². The van der Waals surface area contributed by atoms with E-state index in [4.69, 9.17) is 28.2 Å². The molecule has 0 unspecified atom stereocenters. The number of amides is 1. The Balaban J connectivity index is 1.86. The van der Waals surface area contributed by atoms with Gasteiger partial charge in [0, 0.05) is 31.2 Å². The Bertz CT molecular complexity index is 1220. The molecular weight excluding hydrogens is 471 g/mol. The number of pyridine rings is 1. The Morgan fingerprint density at radius 1 is 0.931 bits per heavy atom. The number of carbonyl (C=O) groups excluding carboxylic acids is 1. The molecule has 0 radical (unpaired) electrons. The number of rotatable bonds is 3. The topological polar surface area (TPSA) is 42.0 Å². The highest BCUT2D eigenvalue weighted by molar-refractivity contribution is 9.10. The molecule has 1 heterocycles. The zero-order valence-corrected chi connectivity index (χ0v) is 18.4. The molecule has 0 fully saturated rings. The second-order valence-electron chi connectivity index (χ2n) is 6.64. The Morgan fingerprint density at radius 2 is 1.55 bits per heavy atom. The molecule has 29 heavy (non-hydrogen) atoms. The van der Waals surface area contributed by atoms with Crippen LogP contribution in [0.1, 0.15) is 15.9 Å². The zero-order chi connectivity index (χ0) is 20.5. The average Bonchev–Trinajstić information content (AvgIpc) is 2.69. The third-order valence-corrected chi connectivity index (χ3v) is 5.52. The van der Waals surface area contributed by atoms with Crippen LogP contribution in [0, 0.1) is 6.92 Å². The van der Waals surface area contributed by atoms with E-state index in [1.807, 2.05) is 49.4 Å². The second kappa shape index (κ2) is 8.15. The molecule has 0 aliphatic rings. The standard InChI is InChI=1S/C23H15BrCl2N2O/c1-13-10-15(24)11-19-20(23(29)27-18-8-6-17(26)7-9-18)12-21(28-22(13)19)14-2-4-16(25)5-3-14/h2-12H,1H3,(H,27,29). The maximum absolute atomic E-state index is 13.2. The van der Waals surface area contributed by atoms with Crippen molar-refractivity contribution in [3.05, 3.63) is 92.4 Å². The predicted octanol–water partition coefficient (Wildman–Crippen LogP) is 7.53. The summed E-state index contributed by atoms with van der Waals surface area (Å²) >= 11 is 15.5. The first-order valence-electron chi connectivity index (χ1n) is 8.84. The molecule has 3 aromatic carbocycles. The summed E-state index contributed by atoms with van der Waals surface area (Å²) in [5, 5.41) is 4.98. The van der Waals surface area contributed by atoms with Gasteiger partial charge >= 0.3 is 0 Å². The van der Waals surface area contributed by atoms with E-state index in [0.29, 0.717) is 27.0 Å². The lowest BCUT2D eigenvalue weighted by Crippen LogP contribution is -2.13. The van der Waals surface area contributed by atoms with E-state index >= 15 is 0 Å². The molecular formula is C23H15BrCl2N2O. The number of aryl methyl sites for hydroxylation is 1. The van der Waals surface area contributed by atoms with Crippen LogP contribution in [-0.2, 0) is 0 Å². The van der Waals surface area contributed by atoms with E-state index < -0.39 is 0 Å². The molecule has 0 bridgehead atoms. The smallest absolute Gasteiger partial charge is 0.256 e. The minimum Gasteiger partial charge on any atom is -0.322 e. The van der Waals surface area contributed by atoms with E-state index in [1.54, 1.807) is 24.3 Å². The highest BCUT2D eigenvalue weighted by atomic mass is 79.9. The molecule has 3 nitrogen and oxygen atoms in total. The van der Waals surface area contributed by atoms with Crippen LogP contribution >= 0.6 is 39.1 Å². The molecule has 144 valence electrons. The second-order valence-corrected chi connectivity index (χ2v) is 8.43. The van der Waals surface area contributed by atoms with Crippen molar-refractivity contribution in [2.75, 3.05) is 5.32 Å². The number of anilines is 1. The van der Waals surface area contributed by atoms with Crippen molar-refractivity contribution in [2.24, 2.45) is 0 Å². The number of fused-ring (bicyclic) bond motifs is 1. The average molecular weight is 486 g/mol. The number of nitrogens with one attached hydrogen (secondary N) is 1. The third kappa shape index (κ3) is 4.30. The number of benzene rings is 3. The van der Waals surface area contributed by atoms with Gasteiger partial charge in [0.1, 0.15) is 0 Å². The molecule has 4 rings (SSSR count). The summed E-state index contributed by atoms with van der Waals surface area (Å²) in [4.78, 5) is 18.0. The Morgan fingerprint density at radius 3 is 2.21 bits per heavy atom. The van der Waals surface area contributed by atoms with Crippen molar-refractivity contribution in [3.63, 3.8) is 0 Å². The molecule has 1 amide bonds. The molecule has 0 saturated heterocycles. The summed E-state index contributed by atoms with van der Waals surface area (Å²) in [5.41, 5.74) is 4.57.